The van der Waals surface area contributed by atoms with E-state index in [2.05, 4.69) is 0 Å². The first-order valence-electron chi connectivity index (χ1n) is 7.47. The number of halogens is 1. The third-order valence-corrected chi connectivity index (χ3v) is 4.58. The van der Waals surface area contributed by atoms with Gasteiger partial charge in [-0.3, -0.25) is 9.59 Å². The summed E-state index contributed by atoms with van der Waals surface area (Å²) in [6.45, 7) is 1.97. The van der Waals surface area contributed by atoms with Crippen molar-refractivity contribution in [2.45, 2.75) is 11.3 Å². The van der Waals surface area contributed by atoms with Gasteiger partial charge in [0.2, 0.25) is 5.91 Å². The Morgan fingerprint density at radius 3 is 2.87 bits per heavy atom. The van der Waals surface area contributed by atoms with Crippen molar-refractivity contribution in [3.8, 4) is 0 Å². The van der Waals surface area contributed by atoms with Crippen LogP contribution in [-0.2, 0) is 9.53 Å². The Kier molecular flexibility index (Phi) is 6.41. The van der Waals surface area contributed by atoms with E-state index in [0.717, 1.165) is 0 Å². The molecular formula is C16H21FN2O3S. The van der Waals surface area contributed by atoms with Crippen LogP contribution in [0.25, 0.3) is 0 Å². The van der Waals surface area contributed by atoms with Crippen LogP contribution >= 0.6 is 11.8 Å². The molecule has 1 saturated heterocycles. The Balaban J connectivity index is 2.16. The van der Waals surface area contributed by atoms with E-state index in [-0.39, 0.29) is 18.0 Å². The maximum atomic E-state index is 14.1. The van der Waals surface area contributed by atoms with Crippen molar-refractivity contribution in [1.82, 2.24) is 9.80 Å². The Morgan fingerprint density at radius 1 is 1.39 bits per heavy atom. The van der Waals surface area contributed by atoms with Crippen LogP contribution < -0.4 is 0 Å². The molecule has 0 spiro atoms. The van der Waals surface area contributed by atoms with Gasteiger partial charge < -0.3 is 14.5 Å². The molecule has 1 aromatic rings. The van der Waals surface area contributed by atoms with Crippen LogP contribution in [-0.4, -0.2) is 67.8 Å². The number of amides is 2. The number of ether oxygens (including phenoxy) is 1. The fourth-order valence-electron chi connectivity index (χ4n) is 2.57. The number of rotatable bonds is 5. The van der Waals surface area contributed by atoms with Gasteiger partial charge in [-0.05, 0) is 24.8 Å². The molecule has 1 fully saturated rings. The zero-order valence-corrected chi connectivity index (χ0v) is 14.2. The minimum atomic E-state index is -0.546. The number of carbonyl (C=O) groups excluding carboxylic acids is 2. The summed E-state index contributed by atoms with van der Waals surface area (Å²) in [5, 5.41) is 0. The lowest BCUT2D eigenvalue weighted by molar-refractivity contribution is -0.131. The Bertz CT molecular complexity index is 582. The van der Waals surface area contributed by atoms with Crippen molar-refractivity contribution in [1.29, 1.82) is 0 Å². The second kappa shape index (κ2) is 8.31. The average molecular weight is 340 g/mol. The highest BCUT2D eigenvalue weighted by atomic mass is 32.2. The number of benzene rings is 1. The molecule has 0 unspecified atom stereocenters. The molecule has 2 amide bonds. The molecule has 1 heterocycles. The van der Waals surface area contributed by atoms with Crippen molar-refractivity contribution >= 4 is 23.6 Å². The third kappa shape index (κ3) is 4.23. The molecule has 1 aliphatic rings. The molecule has 0 aromatic heterocycles. The van der Waals surface area contributed by atoms with Crippen LogP contribution in [0.1, 0.15) is 16.8 Å². The molecule has 0 saturated carbocycles. The first kappa shape index (κ1) is 17.7. The predicted molar refractivity (Wildman–Crippen MR) is 87.2 cm³/mol. The minimum Gasteiger partial charge on any atom is -0.383 e. The maximum absolute atomic E-state index is 14.1. The fourth-order valence-corrected chi connectivity index (χ4v) is 3.17. The summed E-state index contributed by atoms with van der Waals surface area (Å²) in [6, 6.07) is 4.57. The molecule has 0 N–H and O–H groups in total. The molecule has 0 aliphatic carbocycles. The van der Waals surface area contributed by atoms with Crippen LogP contribution in [0.5, 0.6) is 0 Å². The monoisotopic (exact) mass is 340 g/mol. The highest BCUT2D eigenvalue weighted by Crippen LogP contribution is 2.24. The highest BCUT2D eigenvalue weighted by Gasteiger charge is 2.28. The first-order chi connectivity index (χ1) is 11.1. The normalized spacial score (nSPS) is 15.7. The van der Waals surface area contributed by atoms with Gasteiger partial charge in [-0.2, -0.15) is 0 Å². The van der Waals surface area contributed by atoms with Crippen molar-refractivity contribution < 1.29 is 18.7 Å². The first-order valence-corrected chi connectivity index (χ1v) is 8.69. The maximum Gasteiger partial charge on any atom is 0.258 e. The summed E-state index contributed by atoms with van der Waals surface area (Å²) in [5.74, 6) is -1.10. The molecule has 0 bridgehead atoms. The second-order valence-corrected chi connectivity index (χ2v) is 6.12. The summed E-state index contributed by atoms with van der Waals surface area (Å²) in [6.07, 6.45) is 2.47. The van der Waals surface area contributed by atoms with Gasteiger partial charge in [0.05, 0.1) is 12.2 Å². The molecule has 126 valence electrons. The van der Waals surface area contributed by atoms with E-state index in [9.17, 15) is 14.0 Å². The van der Waals surface area contributed by atoms with E-state index in [4.69, 9.17) is 4.74 Å². The average Bonchev–Trinajstić information content (AvgIpc) is 2.73. The highest BCUT2D eigenvalue weighted by molar-refractivity contribution is 7.98. The van der Waals surface area contributed by atoms with Gasteiger partial charge in [0, 0.05) is 31.6 Å². The zero-order valence-electron chi connectivity index (χ0n) is 13.4. The van der Waals surface area contributed by atoms with Crippen molar-refractivity contribution in [3.63, 3.8) is 0 Å². The van der Waals surface area contributed by atoms with E-state index in [0.29, 0.717) is 37.6 Å². The zero-order chi connectivity index (χ0) is 16.8. The Hall–Kier alpha value is -1.60. The molecular weight excluding hydrogens is 319 g/mol. The number of thioether (sulfide) groups is 1. The summed E-state index contributed by atoms with van der Waals surface area (Å²) < 4.78 is 19.1. The van der Waals surface area contributed by atoms with Crippen LogP contribution in [0.4, 0.5) is 4.39 Å². The number of nitrogens with zero attached hydrogens (tertiary/aromatic N) is 2. The fraction of sp³-hybridized carbons (Fsp3) is 0.500. The third-order valence-electron chi connectivity index (χ3n) is 3.80. The van der Waals surface area contributed by atoms with Crippen molar-refractivity contribution in [2.75, 3.05) is 46.2 Å². The van der Waals surface area contributed by atoms with Crippen LogP contribution in [0.15, 0.2) is 23.1 Å². The molecule has 0 radical (unpaired) electrons. The Labute approximate surface area is 139 Å². The molecule has 23 heavy (non-hydrogen) atoms. The minimum absolute atomic E-state index is 0.0231. The summed E-state index contributed by atoms with van der Waals surface area (Å²) in [5.41, 5.74) is 0.0538. The molecule has 2 rings (SSSR count). The second-order valence-electron chi connectivity index (χ2n) is 5.27. The van der Waals surface area contributed by atoms with Gasteiger partial charge in [0.25, 0.3) is 5.91 Å². The number of hydrogen-bond acceptors (Lipinski definition) is 4. The topological polar surface area (TPSA) is 49.9 Å². The van der Waals surface area contributed by atoms with Gasteiger partial charge in [-0.25, -0.2) is 4.39 Å². The van der Waals surface area contributed by atoms with E-state index in [1.54, 1.807) is 30.4 Å². The molecule has 7 heteroatoms. The lowest BCUT2D eigenvalue weighted by Gasteiger charge is -2.22. The largest absolute Gasteiger partial charge is 0.383 e. The number of hydrogen-bond donors (Lipinski definition) is 0. The van der Waals surface area contributed by atoms with Gasteiger partial charge in [0.15, 0.2) is 0 Å². The van der Waals surface area contributed by atoms with E-state index < -0.39 is 11.7 Å². The lowest BCUT2D eigenvalue weighted by atomic mass is 10.1. The van der Waals surface area contributed by atoms with E-state index >= 15 is 0 Å². The van der Waals surface area contributed by atoms with Crippen LogP contribution in [0.2, 0.25) is 0 Å². The summed E-state index contributed by atoms with van der Waals surface area (Å²) in [4.78, 5) is 28.7. The van der Waals surface area contributed by atoms with Gasteiger partial charge in [-0.15, -0.1) is 11.8 Å². The smallest absolute Gasteiger partial charge is 0.258 e. The van der Waals surface area contributed by atoms with Crippen molar-refractivity contribution in [2.24, 2.45) is 0 Å². The predicted octanol–water partition coefficient (Wildman–Crippen LogP) is 1.87. The SMILES string of the molecule is COCCN1CCCN(C(=O)c2c(F)cccc2SC)CC1=O. The van der Waals surface area contributed by atoms with Gasteiger partial charge >= 0.3 is 0 Å². The van der Waals surface area contributed by atoms with Crippen LogP contribution in [0, 0.1) is 5.82 Å². The molecule has 0 atom stereocenters. The quantitative estimate of drug-likeness (QED) is 0.768. The molecule has 1 aliphatic heterocycles. The lowest BCUT2D eigenvalue weighted by Crippen LogP contribution is -2.40. The number of methoxy groups -OCH3 is 1. The Morgan fingerprint density at radius 2 is 2.17 bits per heavy atom. The summed E-state index contributed by atoms with van der Waals surface area (Å²) >= 11 is 1.32. The molecule has 5 nitrogen and oxygen atoms in total. The van der Waals surface area contributed by atoms with Gasteiger partial charge in [-0.1, -0.05) is 6.07 Å². The van der Waals surface area contributed by atoms with Gasteiger partial charge in [0.1, 0.15) is 12.4 Å². The molecule has 1 aromatic carbocycles. The number of carbonyl (C=O) groups is 2. The van der Waals surface area contributed by atoms with Crippen LogP contribution in [0.3, 0.4) is 0 Å². The standard InChI is InChI=1S/C16H21FN2O3S/c1-22-10-9-18-7-4-8-19(11-14(18)20)16(21)15-12(17)5-3-6-13(15)23-2/h3,5-6H,4,7-11H2,1-2H3. The van der Waals surface area contributed by atoms with E-state index in [1.807, 2.05) is 0 Å². The summed E-state index contributed by atoms with van der Waals surface area (Å²) in [7, 11) is 1.58. The van der Waals surface area contributed by atoms with Crippen molar-refractivity contribution in [3.05, 3.63) is 29.6 Å². The van der Waals surface area contributed by atoms with E-state index in [1.165, 1.54) is 22.7 Å².